The molecule has 2 N–H and O–H groups in total. The van der Waals surface area contributed by atoms with E-state index in [2.05, 4.69) is 10.6 Å². The maximum atomic E-state index is 12.6. The summed E-state index contributed by atoms with van der Waals surface area (Å²) in [5, 5.41) is 4.91. The molecule has 1 aliphatic rings. The van der Waals surface area contributed by atoms with Crippen LogP contribution in [0.5, 0.6) is 0 Å². The van der Waals surface area contributed by atoms with Crippen LogP contribution in [0.2, 0.25) is 0 Å². The molecule has 0 heterocycles. The molecule has 1 fully saturated rings. The Kier molecular flexibility index (Phi) is 4.19. The molecule has 4 nitrogen and oxygen atoms in total. The summed E-state index contributed by atoms with van der Waals surface area (Å²) in [5.74, 6) is -0.543. The molecule has 96 valence electrons. The lowest BCUT2D eigenvalue weighted by Crippen LogP contribution is -2.41. The molecule has 1 saturated carbocycles. The van der Waals surface area contributed by atoms with Gasteiger partial charge in [0.25, 0.3) is 0 Å². The maximum Gasteiger partial charge on any atom is 0.321 e. The van der Waals surface area contributed by atoms with Gasteiger partial charge in [-0.05, 0) is 37.1 Å². The first-order chi connectivity index (χ1) is 8.63. The smallest absolute Gasteiger partial charge is 0.321 e. The van der Waals surface area contributed by atoms with Gasteiger partial charge in [0.05, 0.1) is 5.75 Å². The van der Waals surface area contributed by atoms with Crippen LogP contribution in [-0.4, -0.2) is 23.7 Å². The molecular weight excluding hydrogens is 255 g/mol. The number of urea groups is 1. The van der Waals surface area contributed by atoms with Gasteiger partial charge in [-0.3, -0.25) is 10.1 Å². The standard InChI is InChI=1S/C12H13FN2O2S/c13-8-1-5-10(6-2-8)18-7-11(16)15-12(17)14-9-3-4-9/h1-2,5-6,9H,3-4,7H2,(H2,14,15,16,17). The Morgan fingerprint density at radius 1 is 1.28 bits per heavy atom. The van der Waals surface area contributed by atoms with E-state index in [1.54, 1.807) is 12.1 Å². The summed E-state index contributed by atoms with van der Waals surface area (Å²) in [5.41, 5.74) is 0. The highest BCUT2D eigenvalue weighted by Crippen LogP contribution is 2.19. The number of hydrogen-bond donors (Lipinski definition) is 2. The zero-order chi connectivity index (χ0) is 13.0. The Bertz CT molecular complexity index is 446. The normalized spacial score (nSPS) is 14.1. The molecule has 1 aromatic carbocycles. The van der Waals surface area contributed by atoms with Crippen LogP contribution in [0, 0.1) is 5.82 Å². The largest absolute Gasteiger partial charge is 0.335 e. The highest BCUT2D eigenvalue weighted by Gasteiger charge is 2.23. The number of rotatable bonds is 4. The molecule has 2 rings (SSSR count). The molecule has 0 aliphatic heterocycles. The van der Waals surface area contributed by atoms with E-state index in [1.165, 1.54) is 23.9 Å². The van der Waals surface area contributed by atoms with Gasteiger partial charge in [-0.15, -0.1) is 11.8 Å². The highest BCUT2D eigenvalue weighted by molar-refractivity contribution is 8.00. The Labute approximate surface area is 108 Å². The van der Waals surface area contributed by atoms with E-state index in [0.717, 1.165) is 17.7 Å². The van der Waals surface area contributed by atoms with Gasteiger partial charge < -0.3 is 5.32 Å². The third-order valence-electron chi connectivity index (χ3n) is 2.35. The SMILES string of the molecule is O=C(CSc1ccc(F)cc1)NC(=O)NC1CC1. The van der Waals surface area contributed by atoms with E-state index < -0.39 is 6.03 Å². The molecule has 6 heteroatoms. The van der Waals surface area contributed by atoms with Crippen LogP contribution in [-0.2, 0) is 4.79 Å². The lowest BCUT2D eigenvalue weighted by molar-refractivity contribution is -0.117. The summed E-state index contributed by atoms with van der Waals surface area (Å²) in [4.78, 5) is 23.5. The Morgan fingerprint density at radius 2 is 1.94 bits per heavy atom. The molecule has 0 bridgehead atoms. The molecule has 18 heavy (non-hydrogen) atoms. The van der Waals surface area contributed by atoms with Crippen molar-refractivity contribution in [3.63, 3.8) is 0 Å². The maximum absolute atomic E-state index is 12.6. The number of benzene rings is 1. The van der Waals surface area contributed by atoms with Gasteiger partial charge in [0.15, 0.2) is 0 Å². The number of halogens is 1. The summed E-state index contributed by atoms with van der Waals surface area (Å²) in [6.45, 7) is 0. The molecule has 0 unspecified atom stereocenters. The van der Waals surface area contributed by atoms with E-state index >= 15 is 0 Å². The topological polar surface area (TPSA) is 58.2 Å². The summed E-state index contributed by atoms with van der Waals surface area (Å²) >= 11 is 1.26. The highest BCUT2D eigenvalue weighted by atomic mass is 32.2. The van der Waals surface area contributed by atoms with Crippen molar-refractivity contribution in [3.8, 4) is 0 Å². The van der Waals surface area contributed by atoms with Crippen LogP contribution >= 0.6 is 11.8 Å². The minimum Gasteiger partial charge on any atom is -0.335 e. The molecule has 0 aromatic heterocycles. The van der Waals surface area contributed by atoms with E-state index in [4.69, 9.17) is 0 Å². The van der Waals surface area contributed by atoms with Crippen molar-refractivity contribution in [2.75, 3.05) is 5.75 Å². The summed E-state index contributed by atoms with van der Waals surface area (Å²) in [7, 11) is 0. The third kappa shape index (κ3) is 4.37. The number of thioether (sulfide) groups is 1. The van der Waals surface area contributed by atoms with Gasteiger partial charge in [-0.1, -0.05) is 0 Å². The number of amides is 3. The van der Waals surface area contributed by atoms with Crippen molar-refractivity contribution < 1.29 is 14.0 Å². The quantitative estimate of drug-likeness (QED) is 0.820. The van der Waals surface area contributed by atoms with Crippen LogP contribution in [0.25, 0.3) is 0 Å². The van der Waals surface area contributed by atoms with Crippen LogP contribution < -0.4 is 10.6 Å². The number of imide groups is 1. The minimum absolute atomic E-state index is 0.129. The first kappa shape index (κ1) is 12.9. The fourth-order valence-corrected chi connectivity index (χ4v) is 1.99. The van der Waals surface area contributed by atoms with Crippen LogP contribution in [0.3, 0.4) is 0 Å². The van der Waals surface area contributed by atoms with Crippen LogP contribution in [0.15, 0.2) is 29.2 Å². The van der Waals surface area contributed by atoms with E-state index in [0.29, 0.717) is 0 Å². The second-order valence-electron chi connectivity index (χ2n) is 4.04. The zero-order valence-corrected chi connectivity index (χ0v) is 10.4. The molecule has 0 spiro atoms. The van der Waals surface area contributed by atoms with Crippen molar-refractivity contribution in [1.82, 2.24) is 10.6 Å². The molecule has 0 saturated heterocycles. The Balaban J connectivity index is 1.70. The second-order valence-corrected chi connectivity index (χ2v) is 5.09. The van der Waals surface area contributed by atoms with Gasteiger partial charge >= 0.3 is 6.03 Å². The second kappa shape index (κ2) is 5.86. The summed E-state index contributed by atoms with van der Waals surface area (Å²) < 4.78 is 12.6. The first-order valence-corrected chi connectivity index (χ1v) is 6.61. The lowest BCUT2D eigenvalue weighted by atomic mass is 10.4. The minimum atomic E-state index is -0.442. The van der Waals surface area contributed by atoms with Gasteiger partial charge in [-0.2, -0.15) is 0 Å². The molecule has 1 aliphatic carbocycles. The average Bonchev–Trinajstić information content (AvgIpc) is 3.12. The number of carbonyl (C=O) groups is 2. The first-order valence-electron chi connectivity index (χ1n) is 5.62. The molecular formula is C12H13FN2O2S. The molecule has 0 radical (unpaired) electrons. The van der Waals surface area contributed by atoms with Crippen molar-refractivity contribution in [2.24, 2.45) is 0 Å². The van der Waals surface area contributed by atoms with Gasteiger partial charge in [0.1, 0.15) is 5.82 Å². The van der Waals surface area contributed by atoms with Crippen LogP contribution in [0.1, 0.15) is 12.8 Å². The van der Waals surface area contributed by atoms with Gasteiger partial charge in [0, 0.05) is 10.9 Å². The summed E-state index contributed by atoms with van der Waals surface area (Å²) in [6, 6.07) is 5.64. The monoisotopic (exact) mass is 268 g/mol. The van der Waals surface area contributed by atoms with Gasteiger partial charge in [-0.25, -0.2) is 9.18 Å². The number of hydrogen-bond acceptors (Lipinski definition) is 3. The molecule has 1 aromatic rings. The fourth-order valence-electron chi connectivity index (χ4n) is 1.29. The number of nitrogens with one attached hydrogen (secondary N) is 2. The average molecular weight is 268 g/mol. The van der Waals surface area contributed by atoms with Crippen LogP contribution in [0.4, 0.5) is 9.18 Å². The third-order valence-corrected chi connectivity index (χ3v) is 3.36. The predicted molar refractivity (Wildman–Crippen MR) is 66.8 cm³/mol. The van der Waals surface area contributed by atoms with Crippen molar-refractivity contribution >= 4 is 23.7 Å². The lowest BCUT2D eigenvalue weighted by Gasteiger charge is -2.05. The van der Waals surface area contributed by atoms with Gasteiger partial charge in [0.2, 0.25) is 5.91 Å². The summed E-state index contributed by atoms with van der Waals surface area (Å²) in [6.07, 6.45) is 1.96. The molecule has 3 amide bonds. The molecule has 0 atom stereocenters. The van der Waals surface area contributed by atoms with Crippen molar-refractivity contribution in [3.05, 3.63) is 30.1 Å². The van der Waals surface area contributed by atoms with Crippen molar-refractivity contribution in [2.45, 2.75) is 23.8 Å². The van der Waals surface area contributed by atoms with E-state index in [1.807, 2.05) is 0 Å². The zero-order valence-electron chi connectivity index (χ0n) is 9.61. The van der Waals surface area contributed by atoms with E-state index in [-0.39, 0.29) is 23.5 Å². The Hall–Kier alpha value is -1.56. The predicted octanol–water partition coefficient (Wildman–Crippen LogP) is 1.91. The van der Waals surface area contributed by atoms with E-state index in [9.17, 15) is 14.0 Å². The Morgan fingerprint density at radius 3 is 2.56 bits per heavy atom. The van der Waals surface area contributed by atoms with Crippen molar-refractivity contribution in [1.29, 1.82) is 0 Å². The number of carbonyl (C=O) groups excluding carboxylic acids is 2. The fraction of sp³-hybridized carbons (Fsp3) is 0.333.